The fourth-order valence-corrected chi connectivity index (χ4v) is 10.3. The minimum atomic E-state index is -2.33. The average molecular weight is 557 g/mol. The lowest BCUT2D eigenvalue weighted by Gasteiger charge is -2.31. The molecule has 0 N–H and O–H groups in total. The second-order valence-electron chi connectivity index (χ2n) is 10.6. The molecule has 0 radical (unpaired) electrons. The van der Waals surface area contributed by atoms with Gasteiger partial charge in [0.05, 0.1) is 5.69 Å². The molecule has 1 aromatic heterocycles. The number of benzene rings is 5. The highest BCUT2D eigenvalue weighted by Crippen LogP contribution is 2.59. The number of halogens is 1. The van der Waals surface area contributed by atoms with Crippen LogP contribution in [0.2, 0.25) is 0 Å². The van der Waals surface area contributed by atoms with E-state index in [1.54, 1.807) is 0 Å². The number of pyridine rings is 1. The van der Waals surface area contributed by atoms with Crippen LogP contribution in [-0.4, -0.2) is 4.57 Å². The van der Waals surface area contributed by atoms with Gasteiger partial charge in [-0.2, -0.15) is 0 Å². The average Bonchev–Trinajstić information content (AvgIpc) is 3.02. The SMILES string of the molecule is CC(C)n1c(C[P+](c2ccccc2)(c2ccccc2)c2ccccc2)c(-c2ccc(F)cc2)c2ccccc2c1=O. The number of aromatic nitrogens is 1. The molecule has 202 valence electrons. The van der Waals surface area contributed by atoms with E-state index in [0.717, 1.165) is 22.2 Å². The van der Waals surface area contributed by atoms with Crippen molar-refractivity contribution in [2.45, 2.75) is 26.1 Å². The summed E-state index contributed by atoms with van der Waals surface area (Å²) in [5, 5.41) is 5.31. The first-order valence-corrected chi connectivity index (χ1v) is 15.9. The van der Waals surface area contributed by atoms with E-state index in [1.807, 2.05) is 41.0 Å². The van der Waals surface area contributed by atoms with Crippen molar-refractivity contribution < 1.29 is 4.39 Å². The molecule has 6 aromatic rings. The van der Waals surface area contributed by atoms with Crippen molar-refractivity contribution in [2.24, 2.45) is 0 Å². The van der Waals surface area contributed by atoms with Gasteiger partial charge >= 0.3 is 0 Å². The van der Waals surface area contributed by atoms with Crippen molar-refractivity contribution >= 4 is 33.9 Å². The summed E-state index contributed by atoms with van der Waals surface area (Å²) in [7, 11) is -2.33. The van der Waals surface area contributed by atoms with Crippen LogP contribution in [0.25, 0.3) is 21.9 Å². The summed E-state index contributed by atoms with van der Waals surface area (Å²) >= 11 is 0. The Balaban J connectivity index is 1.78. The summed E-state index contributed by atoms with van der Waals surface area (Å²) in [6, 6.07) is 46.6. The molecule has 4 heteroatoms. The lowest BCUT2D eigenvalue weighted by atomic mass is 9.96. The number of hydrogen-bond acceptors (Lipinski definition) is 1. The van der Waals surface area contributed by atoms with Gasteiger partial charge in [-0.15, -0.1) is 0 Å². The van der Waals surface area contributed by atoms with E-state index < -0.39 is 7.26 Å². The zero-order valence-corrected chi connectivity index (χ0v) is 24.1. The van der Waals surface area contributed by atoms with Gasteiger partial charge in [0.1, 0.15) is 35.2 Å². The van der Waals surface area contributed by atoms with Crippen molar-refractivity contribution in [1.29, 1.82) is 0 Å². The van der Waals surface area contributed by atoms with Gasteiger partial charge in [0.15, 0.2) is 0 Å². The standard InChI is InChI=1S/C37H32FNOP/c1-27(2)39-35(36(28-22-24-29(38)25-23-28)33-20-12-13-21-34(33)37(39)40)26-41(30-14-6-3-7-15-30,31-16-8-4-9-17-31)32-18-10-5-11-19-32/h3-25,27H,26H2,1-2H3/q+1. The molecule has 6 rings (SSSR count). The maximum absolute atomic E-state index is 14.2. The van der Waals surface area contributed by atoms with Crippen LogP contribution in [0.15, 0.2) is 144 Å². The fourth-order valence-electron chi connectivity index (χ4n) is 6.05. The molecule has 0 aliphatic carbocycles. The van der Waals surface area contributed by atoms with E-state index in [1.165, 1.54) is 28.0 Å². The molecule has 0 unspecified atom stereocenters. The van der Waals surface area contributed by atoms with Crippen LogP contribution in [0, 0.1) is 5.82 Å². The molecule has 0 aliphatic heterocycles. The summed E-state index contributed by atoms with van der Waals surface area (Å²) in [6.07, 6.45) is 0.635. The minimum absolute atomic E-state index is 0.00347. The van der Waals surface area contributed by atoms with Crippen molar-refractivity contribution in [1.82, 2.24) is 4.57 Å². The zero-order chi connectivity index (χ0) is 28.4. The molecule has 0 fully saturated rings. The van der Waals surface area contributed by atoms with Crippen LogP contribution < -0.4 is 21.5 Å². The van der Waals surface area contributed by atoms with Gasteiger partial charge in [-0.05, 0) is 79.4 Å². The molecule has 0 aliphatic rings. The molecule has 0 saturated carbocycles. The van der Waals surface area contributed by atoms with Crippen LogP contribution in [0.5, 0.6) is 0 Å². The van der Waals surface area contributed by atoms with Gasteiger partial charge in [0.25, 0.3) is 5.56 Å². The van der Waals surface area contributed by atoms with Crippen LogP contribution in [0.3, 0.4) is 0 Å². The van der Waals surface area contributed by atoms with Crippen molar-refractivity contribution in [3.05, 3.63) is 161 Å². The van der Waals surface area contributed by atoms with E-state index in [9.17, 15) is 9.18 Å². The zero-order valence-electron chi connectivity index (χ0n) is 23.2. The van der Waals surface area contributed by atoms with Crippen LogP contribution in [0.1, 0.15) is 25.6 Å². The Bertz CT molecular complexity index is 1750. The van der Waals surface area contributed by atoms with Gasteiger partial charge < -0.3 is 4.57 Å². The van der Waals surface area contributed by atoms with Crippen molar-refractivity contribution in [3.8, 4) is 11.1 Å². The van der Waals surface area contributed by atoms with Gasteiger partial charge in [0.2, 0.25) is 0 Å². The first-order valence-electron chi connectivity index (χ1n) is 14.0. The summed E-state index contributed by atoms with van der Waals surface area (Å²) in [5.41, 5.74) is 2.87. The quantitative estimate of drug-likeness (QED) is 0.183. The molecule has 0 saturated heterocycles. The second-order valence-corrected chi connectivity index (χ2v) is 14.1. The van der Waals surface area contributed by atoms with E-state index in [2.05, 4.69) is 105 Å². The van der Waals surface area contributed by atoms with Gasteiger partial charge in [-0.3, -0.25) is 4.79 Å². The third-order valence-electron chi connectivity index (χ3n) is 7.85. The largest absolute Gasteiger partial charge is 0.305 e. The third-order valence-corrected chi connectivity index (χ3v) is 12.2. The maximum Gasteiger partial charge on any atom is 0.259 e. The Morgan fingerprint density at radius 1 is 0.610 bits per heavy atom. The second kappa shape index (κ2) is 11.3. The summed E-state index contributed by atoms with van der Waals surface area (Å²) in [6.45, 7) is 4.14. The molecule has 0 bridgehead atoms. The van der Waals surface area contributed by atoms with E-state index in [4.69, 9.17) is 0 Å². The first kappa shape index (κ1) is 26.9. The predicted molar refractivity (Wildman–Crippen MR) is 173 cm³/mol. The Morgan fingerprint density at radius 3 is 1.51 bits per heavy atom. The Kier molecular flexibility index (Phi) is 7.39. The molecule has 2 nitrogen and oxygen atoms in total. The highest BCUT2D eigenvalue weighted by Gasteiger charge is 2.47. The van der Waals surface area contributed by atoms with Gasteiger partial charge in [-0.1, -0.05) is 84.9 Å². The fraction of sp³-hybridized carbons (Fsp3) is 0.108. The van der Waals surface area contributed by atoms with E-state index in [-0.39, 0.29) is 17.4 Å². The van der Waals surface area contributed by atoms with Crippen LogP contribution in [0.4, 0.5) is 4.39 Å². The lowest BCUT2D eigenvalue weighted by molar-refractivity contribution is 0.565. The molecule has 0 spiro atoms. The normalized spacial score (nSPS) is 11.7. The van der Waals surface area contributed by atoms with Crippen LogP contribution in [-0.2, 0) is 6.16 Å². The third kappa shape index (κ3) is 4.81. The molecule has 5 aromatic carbocycles. The van der Waals surface area contributed by atoms with E-state index in [0.29, 0.717) is 11.5 Å². The highest BCUT2D eigenvalue weighted by atomic mass is 31.2. The molecule has 0 amide bonds. The monoisotopic (exact) mass is 556 g/mol. The number of nitrogens with zero attached hydrogens (tertiary/aromatic N) is 1. The number of rotatable bonds is 7. The van der Waals surface area contributed by atoms with Gasteiger partial charge in [-0.25, -0.2) is 4.39 Å². The molecular weight excluding hydrogens is 524 g/mol. The Labute approximate surface area is 241 Å². The van der Waals surface area contributed by atoms with Crippen molar-refractivity contribution in [3.63, 3.8) is 0 Å². The van der Waals surface area contributed by atoms with Crippen molar-refractivity contribution in [2.75, 3.05) is 0 Å². The first-order chi connectivity index (χ1) is 20.0. The molecule has 41 heavy (non-hydrogen) atoms. The highest BCUT2D eigenvalue weighted by molar-refractivity contribution is 7.95. The number of fused-ring (bicyclic) bond motifs is 1. The van der Waals surface area contributed by atoms with Gasteiger partial charge in [0, 0.05) is 17.0 Å². The smallest absolute Gasteiger partial charge is 0.259 e. The van der Waals surface area contributed by atoms with Crippen LogP contribution >= 0.6 is 7.26 Å². The lowest BCUT2D eigenvalue weighted by Crippen LogP contribution is -2.35. The Morgan fingerprint density at radius 2 is 1.05 bits per heavy atom. The predicted octanol–water partition coefficient (Wildman–Crippen LogP) is 7.88. The van der Waals surface area contributed by atoms with E-state index >= 15 is 0 Å². The topological polar surface area (TPSA) is 22.0 Å². The summed E-state index contributed by atoms with van der Waals surface area (Å²) in [4.78, 5) is 14.2. The minimum Gasteiger partial charge on any atom is -0.305 e. The molecular formula is C37H32FNOP+. The molecule has 1 heterocycles. The summed E-state index contributed by atoms with van der Waals surface area (Å²) < 4.78 is 16.2. The maximum atomic E-state index is 14.2. The summed E-state index contributed by atoms with van der Waals surface area (Å²) in [5.74, 6) is -0.281. The number of hydrogen-bond donors (Lipinski definition) is 0. The molecule has 0 atom stereocenters. The Hall–Kier alpha value is -4.33.